The van der Waals surface area contributed by atoms with E-state index in [-0.39, 0.29) is 15.5 Å². The molecule has 0 spiro atoms. The van der Waals surface area contributed by atoms with Crippen molar-refractivity contribution in [3.63, 3.8) is 0 Å². The maximum absolute atomic E-state index is 12.8. The standard InChI is InChI=1S/C15H18N2O4S2/c1-22-12-15(23(20,21)13-7-3-2-4-8-13)14(17(18)19)11-16-9-5-6-10-16/h2-4,7-8,11-12H,5-6,9-10H2,1H3/b14-11+,15-12+. The highest BCUT2D eigenvalue weighted by Gasteiger charge is 2.32. The van der Waals surface area contributed by atoms with Gasteiger partial charge in [-0.1, -0.05) is 18.2 Å². The van der Waals surface area contributed by atoms with E-state index in [0.29, 0.717) is 13.1 Å². The van der Waals surface area contributed by atoms with Crippen LogP contribution >= 0.6 is 11.8 Å². The Hall–Kier alpha value is -1.80. The molecule has 0 bridgehead atoms. The Labute approximate surface area is 139 Å². The van der Waals surface area contributed by atoms with E-state index in [1.165, 1.54) is 23.7 Å². The van der Waals surface area contributed by atoms with Gasteiger partial charge in [-0.05, 0) is 36.6 Å². The van der Waals surface area contributed by atoms with Gasteiger partial charge in [0.1, 0.15) is 0 Å². The molecule has 0 amide bonds. The number of hydrogen-bond acceptors (Lipinski definition) is 6. The lowest BCUT2D eigenvalue weighted by Gasteiger charge is -2.13. The molecule has 0 aliphatic carbocycles. The third-order valence-electron chi connectivity index (χ3n) is 3.46. The minimum Gasteiger partial charge on any atom is -0.372 e. The summed E-state index contributed by atoms with van der Waals surface area (Å²) in [6.45, 7) is 1.41. The van der Waals surface area contributed by atoms with Crippen molar-refractivity contribution in [2.75, 3.05) is 19.3 Å². The maximum Gasteiger partial charge on any atom is 0.304 e. The van der Waals surface area contributed by atoms with Crippen LogP contribution in [0.2, 0.25) is 0 Å². The second-order valence-electron chi connectivity index (χ2n) is 5.05. The summed E-state index contributed by atoms with van der Waals surface area (Å²) < 4.78 is 25.6. The van der Waals surface area contributed by atoms with Gasteiger partial charge in [0.15, 0.2) is 4.91 Å². The molecule has 0 N–H and O–H groups in total. The molecule has 8 heteroatoms. The van der Waals surface area contributed by atoms with Crippen LogP contribution in [0.1, 0.15) is 12.8 Å². The van der Waals surface area contributed by atoms with E-state index in [2.05, 4.69) is 0 Å². The molecule has 124 valence electrons. The topological polar surface area (TPSA) is 80.5 Å². The van der Waals surface area contributed by atoms with E-state index < -0.39 is 14.8 Å². The SMILES string of the molecule is CS/C=C(\C(=C/N1CCCC1)[N+](=O)[O-])S(=O)(=O)c1ccccc1. The van der Waals surface area contributed by atoms with E-state index in [1.54, 1.807) is 29.4 Å². The lowest BCUT2D eigenvalue weighted by atomic mass is 10.4. The molecule has 0 aromatic heterocycles. The lowest BCUT2D eigenvalue weighted by molar-refractivity contribution is -0.420. The molecule has 0 saturated carbocycles. The van der Waals surface area contributed by atoms with Crippen LogP contribution in [-0.2, 0) is 9.84 Å². The van der Waals surface area contributed by atoms with E-state index in [9.17, 15) is 18.5 Å². The smallest absolute Gasteiger partial charge is 0.304 e. The number of likely N-dealkylation sites (tertiary alicyclic amines) is 1. The minimum atomic E-state index is -3.95. The lowest BCUT2D eigenvalue weighted by Crippen LogP contribution is -2.18. The van der Waals surface area contributed by atoms with E-state index in [4.69, 9.17) is 0 Å². The van der Waals surface area contributed by atoms with Crippen molar-refractivity contribution in [3.8, 4) is 0 Å². The van der Waals surface area contributed by atoms with Crippen molar-refractivity contribution in [1.82, 2.24) is 4.90 Å². The minimum absolute atomic E-state index is 0.0504. The van der Waals surface area contributed by atoms with E-state index >= 15 is 0 Å². The highest BCUT2D eigenvalue weighted by Crippen LogP contribution is 2.28. The van der Waals surface area contributed by atoms with E-state index in [1.807, 2.05) is 0 Å². The Bertz CT molecular complexity index is 721. The first-order chi connectivity index (χ1) is 11.0. The fourth-order valence-electron chi connectivity index (χ4n) is 2.34. The number of hydrogen-bond donors (Lipinski definition) is 0. The maximum atomic E-state index is 12.8. The van der Waals surface area contributed by atoms with Crippen LogP contribution in [0, 0.1) is 10.1 Å². The second kappa shape index (κ2) is 7.65. The molecule has 1 fully saturated rings. The first kappa shape index (κ1) is 17.6. The fraction of sp³-hybridized carbons (Fsp3) is 0.333. The van der Waals surface area contributed by atoms with Crippen molar-refractivity contribution in [3.05, 3.63) is 62.7 Å². The van der Waals surface area contributed by atoms with Gasteiger partial charge in [0.25, 0.3) is 0 Å². The molecule has 1 heterocycles. The average Bonchev–Trinajstić information content (AvgIpc) is 3.04. The zero-order valence-corrected chi connectivity index (χ0v) is 14.3. The summed E-state index contributed by atoms with van der Waals surface area (Å²) in [5.74, 6) is 0. The molecule has 0 radical (unpaired) electrons. The van der Waals surface area contributed by atoms with Crippen molar-refractivity contribution in [2.24, 2.45) is 0 Å². The molecule has 0 atom stereocenters. The molecule has 1 saturated heterocycles. The summed E-state index contributed by atoms with van der Waals surface area (Å²) in [4.78, 5) is 12.4. The number of benzene rings is 1. The Kier molecular flexibility index (Phi) is 5.84. The van der Waals surface area contributed by atoms with Gasteiger partial charge >= 0.3 is 5.70 Å². The average molecular weight is 354 g/mol. The van der Waals surface area contributed by atoms with Gasteiger partial charge in [-0.3, -0.25) is 10.1 Å². The van der Waals surface area contributed by atoms with Crippen LogP contribution < -0.4 is 0 Å². The van der Waals surface area contributed by atoms with Crippen LogP contribution in [-0.4, -0.2) is 37.6 Å². The van der Waals surface area contributed by atoms with Gasteiger partial charge in [0.05, 0.1) is 16.0 Å². The molecule has 6 nitrogen and oxygen atoms in total. The van der Waals surface area contributed by atoms with Gasteiger partial charge in [-0.15, -0.1) is 11.8 Å². The van der Waals surface area contributed by atoms with Gasteiger partial charge in [-0.2, -0.15) is 0 Å². The Morgan fingerprint density at radius 2 is 1.87 bits per heavy atom. The highest BCUT2D eigenvalue weighted by atomic mass is 32.2. The molecular weight excluding hydrogens is 336 g/mol. The molecule has 0 unspecified atom stereocenters. The molecule has 1 aromatic rings. The number of sulfone groups is 1. The summed E-state index contributed by atoms with van der Waals surface area (Å²) in [6.07, 6.45) is 4.94. The molecule has 1 aliphatic heterocycles. The third-order valence-corrected chi connectivity index (χ3v) is 5.88. The van der Waals surface area contributed by atoms with Crippen molar-refractivity contribution in [1.29, 1.82) is 0 Å². The molecular formula is C15H18N2O4S2. The Morgan fingerprint density at radius 1 is 1.26 bits per heavy atom. The summed E-state index contributed by atoms with van der Waals surface area (Å²) >= 11 is 1.13. The summed E-state index contributed by atoms with van der Waals surface area (Å²) in [7, 11) is -3.95. The molecule has 23 heavy (non-hydrogen) atoms. The Balaban J connectivity index is 2.51. The molecule has 1 aromatic carbocycles. The zero-order chi connectivity index (χ0) is 16.9. The van der Waals surface area contributed by atoms with Gasteiger partial charge in [0.2, 0.25) is 9.84 Å². The quantitative estimate of drug-likeness (QED) is 0.444. The second-order valence-corrected chi connectivity index (χ2v) is 7.67. The highest BCUT2D eigenvalue weighted by molar-refractivity contribution is 8.03. The first-order valence-corrected chi connectivity index (χ1v) is 9.87. The third kappa shape index (κ3) is 4.14. The van der Waals surface area contributed by atoms with Gasteiger partial charge in [0, 0.05) is 13.1 Å². The van der Waals surface area contributed by atoms with Crippen molar-refractivity contribution in [2.45, 2.75) is 17.7 Å². The van der Waals surface area contributed by atoms with Crippen LogP contribution in [0.5, 0.6) is 0 Å². The first-order valence-electron chi connectivity index (χ1n) is 7.10. The zero-order valence-electron chi connectivity index (χ0n) is 12.7. The van der Waals surface area contributed by atoms with Crippen LogP contribution in [0.25, 0.3) is 0 Å². The summed E-state index contributed by atoms with van der Waals surface area (Å²) in [6, 6.07) is 7.78. The number of nitrogens with zero attached hydrogens (tertiary/aromatic N) is 2. The van der Waals surface area contributed by atoms with Crippen LogP contribution in [0.15, 0.2) is 57.4 Å². The number of thioether (sulfide) groups is 1. The summed E-state index contributed by atoms with van der Waals surface area (Å²) in [5, 5.41) is 12.8. The Morgan fingerprint density at radius 3 is 2.39 bits per heavy atom. The number of nitro groups is 1. The van der Waals surface area contributed by atoms with Gasteiger partial charge in [-0.25, -0.2) is 8.42 Å². The predicted molar refractivity (Wildman–Crippen MR) is 91.1 cm³/mol. The molecule has 2 rings (SSSR count). The predicted octanol–water partition coefficient (Wildman–Crippen LogP) is 2.88. The van der Waals surface area contributed by atoms with Crippen LogP contribution in [0.3, 0.4) is 0 Å². The van der Waals surface area contributed by atoms with Crippen molar-refractivity contribution >= 4 is 21.6 Å². The number of rotatable bonds is 6. The van der Waals surface area contributed by atoms with Crippen molar-refractivity contribution < 1.29 is 13.3 Å². The fourth-order valence-corrected chi connectivity index (χ4v) is 4.64. The van der Waals surface area contributed by atoms with Crippen LogP contribution in [0.4, 0.5) is 0 Å². The molecule has 1 aliphatic rings. The monoisotopic (exact) mass is 354 g/mol. The van der Waals surface area contributed by atoms with Gasteiger partial charge < -0.3 is 4.90 Å². The van der Waals surface area contributed by atoms with E-state index in [0.717, 1.165) is 24.6 Å². The summed E-state index contributed by atoms with van der Waals surface area (Å²) in [5.41, 5.74) is -0.384. The largest absolute Gasteiger partial charge is 0.372 e. The normalized spacial score (nSPS) is 16.7.